The fourth-order valence-electron chi connectivity index (χ4n) is 3.48. The fourth-order valence-corrected chi connectivity index (χ4v) is 4.96. The van der Waals surface area contributed by atoms with Crippen LogP contribution in [0.5, 0.6) is 0 Å². The highest BCUT2D eigenvalue weighted by Gasteiger charge is 2.23. The number of rotatable bonds is 9. The minimum atomic E-state index is -3.65. The molecule has 0 saturated carbocycles. The van der Waals surface area contributed by atoms with Gasteiger partial charge in [0.2, 0.25) is 10.0 Å². The Morgan fingerprint density at radius 1 is 1.19 bits per heavy atom. The van der Waals surface area contributed by atoms with Crippen molar-refractivity contribution in [2.24, 2.45) is 0 Å². The van der Waals surface area contributed by atoms with Gasteiger partial charge in [0.25, 0.3) is 5.91 Å². The van der Waals surface area contributed by atoms with Crippen LogP contribution in [0.25, 0.3) is 11.0 Å². The van der Waals surface area contributed by atoms with Crippen molar-refractivity contribution in [2.45, 2.75) is 45.4 Å². The van der Waals surface area contributed by atoms with E-state index < -0.39 is 10.0 Å². The predicted octanol–water partition coefficient (Wildman–Crippen LogP) is 2.96. The highest BCUT2D eigenvalue weighted by molar-refractivity contribution is 7.89. The summed E-state index contributed by atoms with van der Waals surface area (Å²) in [7, 11) is -3.65. The number of carbonyl (C=O) groups is 1. The number of nitrogens with zero attached hydrogens (tertiary/aromatic N) is 4. The molecule has 9 nitrogen and oxygen atoms in total. The Morgan fingerprint density at radius 2 is 1.91 bits per heavy atom. The molecule has 0 saturated heterocycles. The molecule has 1 amide bonds. The van der Waals surface area contributed by atoms with Crippen LogP contribution in [0, 0.1) is 6.92 Å². The van der Waals surface area contributed by atoms with Crippen LogP contribution in [0.3, 0.4) is 0 Å². The first-order valence-corrected chi connectivity index (χ1v) is 12.0. The number of hydrogen-bond acceptors (Lipinski definition) is 6. The minimum absolute atomic E-state index is 0.117. The zero-order valence-corrected chi connectivity index (χ0v) is 19.8. The molecule has 0 atom stereocenters. The van der Waals surface area contributed by atoms with Crippen LogP contribution in [0.15, 0.2) is 41.3 Å². The average Bonchev–Trinajstić information content (AvgIpc) is 3.16. The van der Waals surface area contributed by atoms with Gasteiger partial charge >= 0.3 is 0 Å². The van der Waals surface area contributed by atoms with E-state index in [0.717, 1.165) is 21.7 Å². The molecule has 0 radical (unpaired) electrons. The van der Waals surface area contributed by atoms with E-state index in [-0.39, 0.29) is 23.3 Å². The first-order valence-electron chi connectivity index (χ1n) is 10.6. The smallest absolute Gasteiger partial charge is 0.265 e. The topological polar surface area (TPSA) is 106 Å². The summed E-state index contributed by atoms with van der Waals surface area (Å²) in [5, 5.41) is 10.8. The Balaban J connectivity index is 1.80. The second-order valence-corrected chi connectivity index (χ2v) is 9.66. The highest BCUT2D eigenvalue weighted by atomic mass is 32.2. The van der Waals surface area contributed by atoms with E-state index in [0.29, 0.717) is 24.1 Å². The molecule has 3 aromatic rings. The van der Waals surface area contributed by atoms with Gasteiger partial charge in [0.15, 0.2) is 6.61 Å². The molecule has 1 aromatic heterocycles. The van der Waals surface area contributed by atoms with Gasteiger partial charge in [0.1, 0.15) is 11.0 Å². The van der Waals surface area contributed by atoms with Gasteiger partial charge in [-0.15, -0.1) is 5.10 Å². The third kappa shape index (κ3) is 4.76. The standard InChI is InChI=1S/C22H29N5O4S/c1-6-26(7-2)32(29,30)17-11-12-19-20(13-17)27(25-24-19)31-14-21(28)23-22-16(5)9-8-10-18(22)15(3)4/h8-13,15H,6-7,14H2,1-5H3,(H,23,28). The van der Waals surface area contributed by atoms with E-state index in [1.807, 2.05) is 25.1 Å². The van der Waals surface area contributed by atoms with Crippen molar-refractivity contribution in [2.75, 3.05) is 25.0 Å². The summed E-state index contributed by atoms with van der Waals surface area (Å²) < 4.78 is 27.0. The number of benzene rings is 2. The molecular formula is C22H29N5O4S. The minimum Gasteiger partial charge on any atom is -0.385 e. The van der Waals surface area contributed by atoms with Gasteiger partial charge in [-0.1, -0.05) is 50.7 Å². The number of para-hydroxylation sites is 1. The monoisotopic (exact) mass is 459 g/mol. The lowest BCUT2D eigenvalue weighted by atomic mass is 9.98. The number of hydrogen-bond donors (Lipinski definition) is 1. The maximum atomic E-state index is 12.8. The second-order valence-electron chi connectivity index (χ2n) is 7.72. The molecule has 172 valence electrons. The van der Waals surface area contributed by atoms with Gasteiger partial charge in [-0.05, 0) is 47.4 Å². The van der Waals surface area contributed by atoms with Crippen LogP contribution in [-0.2, 0) is 14.8 Å². The van der Waals surface area contributed by atoms with Gasteiger partial charge in [-0.2, -0.15) is 4.31 Å². The van der Waals surface area contributed by atoms with E-state index in [1.165, 1.54) is 16.4 Å². The van der Waals surface area contributed by atoms with Crippen LogP contribution >= 0.6 is 0 Å². The molecule has 2 aromatic carbocycles. The molecule has 32 heavy (non-hydrogen) atoms. The van der Waals surface area contributed by atoms with Crippen LogP contribution < -0.4 is 10.2 Å². The number of carbonyl (C=O) groups excluding carboxylic acids is 1. The third-order valence-corrected chi connectivity index (χ3v) is 7.29. The molecular weight excluding hydrogens is 430 g/mol. The maximum absolute atomic E-state index is 12.8. The lowest BCUT2D eigenvalue weighted by Gasteiger charge is -2.18. The van der Waals surface area contributed by atoms with Crippen molar-refractivity contribution in [1.82, 2.24) is 19.5 Å². The molecule has 0 aliphatic heterocycles. The van der Waals surface area contributed by atoms with E-state index >= 15 is 0 Å². The van der Waals surface area contributed by atoms with Crippen LogP contribution in [0.4, 0.5) is 5.69 Å². The van der Waals surface area contributed by atoms with E-state index in [2.05, 4.69) is 29.5 Å². The number of aryl methyl sites for hydroxylation is 1. The molecule has 0 bridgehead atoms. The average molecular weight is 460 g/mol. The second kappa shape index (κ2) is 9.66. The van der Waals surface area contributed by atoms with Crippen molar-refractivity contribution in [1.29, 1.82) is 0 Å². The Bertz CT molecular complexity index is 1220. The number of sulfonamides is 1. The van der Waals surface area contributed by atoms with Gasteiger partial charge in [-0.3, -0.25) is 4.79 Å². The summed E-state index contributed by atoms with van der Waals surface area (Å²) in [5.41, 5.74) is 3.60. The highest BCUT2D eigenvalue weighted by Crippen LogP contribution is 2.27. The van der Waals surface area contributed by atoms with Crippen LogP contribution in [0.2, 0.25) is 0 Å². The molecule has 3 rings (SSSR count). The van der Waals surface area contributed by atoms with Crippen LogP contribution in [-0.4, -0.2) is 53.5 Å². The zero-order chi connectivity index (χ0) is 23.5. The third-order valence-electron chi connectivity index (χ3n) is 5.24. The van der Waals surface area contributed by atoms with Crippen molar-refractivity contribution < 1.29 is 18.0 Å². The largest absolute Gasteiger partial charge is 0.385 e. The fraction of sp³-hybridized carbons (Fsp3) is 0.409. The SMILES string of the molecule is CCN(CC)S(=O)(=O)c1ccc2nnn(OCC(=O)Nc3c(C)cccc3C(C)C)c2c1. The Hall–Kier alpha value is -2.98. The summed E-state index contributed by atoms with van der Waals surface area (Å²) in [6, 6.07) is 10.4. The summed E-state index contributed by atoms with van der Waals surface area (Å²) in [6.07, 6.45) is 0. The molecule has 0 aliphatic carbocycles. The number of amides is 1. The number of aromatic nitrogens is 3. The predicted molar refractivity (Wildman–Crippen MR) is 123 cm³/mol. The molecule has 10 heteroatoms. The van der Waals surface area contributed by atoms with Gasteiger partial charge in [-0.25, -0.2) is 8.42 Å². The number of anilines is 1. The zero-order valence-electron chi connectivity index (χ0n) is 19.0. The Labute approximate surface area is 188 Å². The summed E-state index contributed by atoms with van der Waals surface area (Å²) >= 11 is 0. The lowest BCUT2D eigenvalue weighted by Crippen LogP contribution is -2.30. The normalized spacial score (nSPS) is 12.0. The van der Waals surface area contributed by atoms with Gasteiger partial charge in [0.05, 0.1) is 4.90 Å². The van der Waals surface area contributed by atoms with E-state index in [1.54, 1.807) is 19.9 Å². The molecule has 0 spiro atoms. The Kier molecular flexibility index (Phi) is 7.15. The molecule has 0 unspecified atom stereocenters. The molecule has 1 heterocycles. The first-order chi connectivity index (χ1) is 15.2. The van der Waals surface area contributed by atoms with Crippen molar-refractivity contribution in [3.8, 4) is 0 Å². The van der Waals surface area contributed by atoms with Gasteiger partial charge in [0, 0.05) is 18.8 Å². The van der Waals surface area contributed by atoms with Gasteiger partial charge < -0.3 is 10.2 Å². The number of nitrogens with one attached hydrogen (secondary N) is 1. The molecule has 0 aliphatic rings. The maximum Gasteiger partial charge on any atom is 0.265 e. The summed E-state index contributed by atoms with van der Waals surface area (Å²) in [6.45, 7) is 10.0. The van der Waals surface area contributed by atoms with E-state index in [9.17, 15) is 13.2 Å². The molecule has 0 fully saturated rings. The Morgan fingerprint density at radius 3 is 2.56 bits per heavy atom. The first kappa shape index (κ1) is 23.7. The lowest BCUT2D eigenvalue weighted by molar-refractivity contribution is -0.121. The quantitative estimate of drug-likeness (QED) is 0.527. The molecule has 1 N–H and O–H groups in total. The van der Waals surface area contributed by atoms with Crippen molar-refractivity contribution in [3.63, 3.8) is 0 Å². The van der Waals surface area contributed by atoms with Crippen molar-refractivity contribution in [3.05, 3.63) is 47.5 Å². The van der Waals surface area contributed by atoms with Crippen molar-refractivity contribution >= 4 is 32.7 Å². The summed E-state index contributed by atoms with van der Waals surface area (Å²) in [5.74, 6) is -0.103. The number of fused-ring (bicyclic) bond motifs is 1. The van der Waals surface area contributed by atoms with E-state index in [4.69, 9.17) is 4.84 Å². The van der Waals surface area contributed by atoms with Crippen LogP contribution in [0.1, 0.15) is 44.7 Å². The summed E-state index contributed by atoms with van der Waals surface area (Å²) in [4.78, 5) is 19.3.